The predicted octanol–water partition coefficient (Wildman–Crippen LogP) is 3.53. The average molecular weight is 314 g/mol. The summed E-state index contributed by atoms with van der Waals surface area (Å²) in [6, 6.07) is 4.43. The summed E-state index contributed by atoms with van der Waals surface area (Å²) in [7, 11) is 3.41. The maximum Gasteiger partial charge on any atom is 0.133 e. The molecule has 4 heteroatoms. The fraction of sp³-hybridized carbons (Fsp3) is 0.571. The third-order valence-corrected chi connectivity index (χ3v) is 3.98. The van der Waals surface area contributed by atoms with Crippen LogP contribution in [0, 0.1) is 5.92 Å². The first-order valence-corrected chi connectivity index (χ1v) is 7.15. The van der Waals surface area contributed by atoms with Crippen molar-refractivity contribution in [2.45, 2.75) is 25.8 Å². The lowest BCUT2D eigenvalue weighted by atomic mass is 10.0. The number of hydrogen-bond donors (Lipinski definition) is 1. The molecule has 2 rings (SSSR count). The summed E-state index contributed by atoms with van der Waals surface area (Å²) in [5.74, 6) is 2.50. The summed E-state index contributed by atoms with van der Waals surface area (Å²) in [5, 5.41) is 3.56. The Morgan fingerprint density at radius 3 is 2.44 bits per heavy atom. The summed E-state index contributed by atoms with van der Waals surface area (Å²) in [5.41, 5.74) is 1.20. The van der Waals surface area contributed by atoms with Crippen molar-refractivity contribution in [3.63, 3.8) is 0 Å². The molecule has 1 aliphatic rings. The van der Waals surface area contributed by atoms with Gasteiger partial charge in [-0.05, 0) is 53.4 Å². The number of hydrogen-bond acceptors (Lipinski definition) is 3. The van der Waals surface area contributed by atoms with E-state index in [1.54, 1.807) is 14.2 Å². The van der Waals surface area contributed by atoms with Crippen LogP contribution in [0.15, 0.2) is 16.6 Å². The molecule has 1 saturated carbocycles. The van der Waals surface area contributed by atoms with Crippen LogP contribution in [0.1, 0.15) is 31.4 Å². The van der Waals surface area contributed by atoms with Crippen LogP contribution in [-0.2, 0) is 0 Å². The molecule has 0 heterocycles. The van der Waals surface area contributed by atoms with Crippen molar-refractivity contribution in [2.75, 3.05) is 20.8 Å². The van der Waals surface area contributed by atoms with Crippen molar-refractivity contribution in [1.29, 1.82) is 0 Å². The van der Waals surface area contributed by atoms with Gasteiger partial charge in [-0.1, -0.05) is 6.92 Å². The van der Waals surface area contributed by atoms with Crippen LogP contribution in [0.3, 0.4) is 0 Å². The molecule has 0 spiro atoms. The van der Waals surface area contributed by atoms with Gasteiger partial charge in [-0.15, -0.1) is 0 Å². The van der Waals surface area contributed by atoms with Crippen LogP contribution in [-0.4, -0.2) is 20.8 Å². The Morgan fingerprint density at radius 1 is 1.28 bits per heavy atom. The minimum absolute atomic E-state index is 0.368. The molecule has 0 aromatic heterocycles. The second-order valence-corrected chi connectivity index (χ2v) is 5.46. The summed E-state index contributed by atoms with van der Waals surface area (Å²) in [6.45, 7) is 3.10. The van der Waals surface area contributed by atoms with Crippen molar-refractivity contribution in [3.8, 4) is 11.5 Å². The van der Waals surface area contributed by atoms with Gasteiger partial charge >= 0.3 is 0 Å². The molecular formula is C14H20BrNO2. The molecular weight excluding hydrogens is 294 g/mol. The van der Waals surface area contributed by atoms with E-state index in [-0.39, 0.29) is 0 Å². The number of rotatable bonds is 6. The van der Waals surface area contributed by atoms with Gasteiger partial charge in [0.05, 0.1) is 18.7 Å². The Morgan fingerprint density at radius 2 is 1.94 bits per heavy atom. The standard InChI is InChI=1S/C14H20BrNO2/c1-4-16-14(9-5-6-9)10-7-13(18-3)11(15)8-12(10)17-2/h7-9,14,16H,4-6H2,1-3H3. The van der Waals surface area contributed by atoms with E-state index in [2.05, 4.69) is 34.2 Å². The molecule has 100 valence electrons. The van der Waals surface area contributed by atoms with Crippen molar-refractivity contribution < 1.29 is 9.47 Å². The third-order valence-electron chi connectivity index (χ3n) is 3.36. The first kappa shape index (κ1) is 13.7. The van der Waals surface area contributed by atoms with E-state index in [0.29, 0.717) is 6.04 Å². The fourth-order valence-corrected chi connectivity index (χ4v) is 2.79. The smallest absolute Gasteiger partial charge is 0.133 e. The molecule has 18 heavy (non-hydrogen) atoms. The summed E-state index contributed by atoms with van der Waals surface area (Å²) in [6.07, 6.45) is 2.58. The van der Waals surface area contributed by atoms with Crippen molar-refractivity contribution in [1.82, 2.24) is 5.32 Å². The second-order valence-electron chi connectivity index (χ2n) is 4.60. The first-order valence-electron chi connectivity index (χ1n) is 6.36. The van der Waals surface area contributed by atoms with Crippen LogP contribution in [0.5, 0.6) is 11.5 Å². The summed E-state index contributed by atoms with van der Waals surface area (Å²) >= 11 is 3.50. The molecule has 0 amide bonds. The number of nitrogens with one attached hydrogen (secondary N) is 1. The number of methoxy groups -OCH3 is 2. The van der Waals surface area contributed by atoms with Crippen LogP contribution >= 0.6 is 15.9 Å². The molecule has 3 nitrogen and oxygen atoms in total. The molecule has 1 aromatic carbocycles. The van der Waals surface area contributed by atoms with Gasteiger partial charge in [-0.25, -0.2) is 0 Å². The Labute approximate surface area is 117 Å². The Hall–Kier alpha value is -0.740. The van der Waals surface area contributed by atoms with Crippen LogP contribution < -0.4 is 14.8 Å². The lowest BCUT2D eigenvalue weighted by Gasteiger charge is -2.21. The number of halogens is 1. The van der Waals surface area contributed by atoms with E-state index in [9.17, 15) is 0 Å². The van der Waals surface area contributed by atoms with E-state index in [0.717, 1.165) is 28.4 Å². The monoisotopic (exact) mass is 313 g/mol. The maximum atomic E-state index is 5.51. The minimum Gasteiger partial charge on any atom is -0.496 e. The molecule has 1 N–H and O–H groups in total. The average Bonchev–Trinajstić information content (AvgIpc) is 3.20. The molecule has 0 bridgehead atoms. The van der Waals surface area contributed by atoms with Gasteiger partial charge in [0.25, 0.3) is 0 Å². The molecule has 0 saturated heterocycles. The largest absolute Gasteiger partial charge is 0.496 e. The van der Waals surface area contributed by atoms with Crippen LogP contribution in [0.2, 0.25) is 0 Å². The lowest BCUT2D eigenvalue weighted by molar-refractivity contribution is 0.382. The van der Waals surface area contributed by atoms with E-state index in [4.69, 9.17) is 9.47 Å². The normalized spacial score (nSPS) is 16.4. The molecule has 0 radical (unpaired) electrons. The number of ether oxygens (including phenoxy) is 2. The highest BCUT2D eigenvalue weighted by Gasteiger charge is 2.33. The maximum absolute atomic E-state index is 5.51. The highest BCUT2D eigenvalue weighted by molar-refractivity contribution is 9.10. The summed E-state index contributed by atoms with van der Waals surface area (Å²) in [4.78, 5) is 0. The van der Waals surface area contributed by atoms with Gasteiger partial charge in [0.1, 0.15) is 11.5 Å². The zero-order chi connectivity index (χ0) is 13.1. The Bertz CT molecular complexity index is 419. The third kappa shape index (κ3) is 2.81. The molecule has 1 atom stereocenters. The fourth-order valence-electron chi connectivity index (χ4n) is 2.31. The molecule has 1 fully saturated rings. The van der Waals surface area contributed by atoms with E-state index in [1.165, 1.54) is 18.4 Å². The lowest BCUT2D eigenvalue weighted by Crippen LogP contribution is -2.23. The van der Waals surface area contributed by atoms with Crippen molar-refractivity contribution in [2.24, 2.45) is 5.92 Å². The van der Waals surface area contributed by atoms with Gasteiger partial charge in [-0.3, -0.25) is 0 Å². The first-order chi connectivity index (χ1) is 8.71. The quantitative estimate of drug-likeness (QED) is 0.871. The Kier molecular flexibility index (Phi) is 4.51. The van der Waals surface area contributed by atoms with Crippen LogP contribution in [0.25, 0.3) is 0 Å². The SMILES string of the molecule is CCNC(c1cc(OC)c(Br)cc1OC)C1CC1. The summed E-state index contributed by atoms with van der Waals surface area (Å²) < 4.78 is 11.8. The number of benzene rings is 1. The highest BCUT2D eigenvalue weighted by atomic mass is 79.9. The van der Waals surface area contributed by atoms with E-state index < -0.39 is 0 Å². The predicted molar refractivity (Wildman–Crippen MR) is 76.4 cm³/mol. The van der Waals surface area contributed by atoms with Gasteiger partial charge in [0.2, 0.25) is 0 Å². The zero-order valence-corrected chi connectivity index (χ0v) is 12.7. The van der Waals surface area contributed by atoms with Gasteiger partial charge in [0, 0.05) is 11.6 Å². The topological polar surface area (TPSA) is 30.5 Å². The molecule has 0 aliphatic heterocycles. The molecule has 1 unspecified atom stereocenters. The van der Waals surface area contributed by atoms with Gasteiger partial charge in [-0.2, -0.15) is 0 Å². The molecule has 1 aliphatic carbocycles. The zero-order valence-electron chi connectivity index (χ0n) is 11.1. The van der Waals surface area contributed by atoms with E-state index >= 15 is 0 Å². The van der Waals surface area contributed by atoms with Crippen molar-refractivity contribution >= 4 is 15.9 Å². The highest BCUT2D eigenvalue weighted by Crippen LogP contribution is 2.45. The second kappa shape index (κ2) is 5.93. The van der Waals surface area contributed by atoms with E-state index in [1.807, 2.05) is 6.07 Å². The molecule has 1 aromatic rings. The van der Waals surface area contributed by atoms with Gasteiger partial charge in [0.15, 0.2) is 0 Å². The van der Waals surface area contributed by atoms with Gasteiger partial charge < -0.3 is 14.8 Å². The van der Waals surface area contributed by atoms with Crippen molar-refractivity contribution in [3.05, 3.63) is 22.2 Å². The van der Waals surface area contributed by atoms with Crippen LogP contribution in [0.4, 0.5) is 0 Å². The Balaban J connectivity index is 2.38. The minimum atomic E-state index is 0.368.